The number of rotatable bonds is 4. The number of benzene rings is 1. The lowest BCUT2D eigenvalue weighted by Crippen LogP contribution is -2.15. The van der Waals surface area contributed by atoms with Crippen LogP contribution in [0.25, 0.3) is 0 Å². The fourth-order valence-corrected chi connectivity index (χ4v) is 1.67. The first kappa shape index (κ1) is 19.2. The van der Waals surface area contributed by atoms with Crippen LogP contribution in [0.4, 0.5) is 5.69 Å². The molecule has 17 heavy (non-hydrogen) atoms. The van der Waals surface area contributed by atoms with Crippen LogP contribution in [0.5, 0.6) is 0 Å². The van der Waals surface area contributed by atoms with Crippen molar-refractivity contribution < 1.29 is 0 Å². The molecule has 0 amide bonds. The van der Waals surface area contributed by atoms with Crippen molar-refractivity contribution in [1.82, 2.24) is 0 Å². The third kappa shape index (κ3) is 6.37. The Morgan fingerprint density at radius 1 is 1.29 bits per heavy atom. The molecule has 1 aromatic carbocycles. The Hall–Kier alpha value is -0.150. The third-order valence-electron chi connectivity index (χ3n) is 2.42. The highest BCUT2D eigenvalue weighted by molar-refractivity contribution is 6.31. The van der Waals surface area contributed by atoms with Gasteiger partial charge in [0.1, 0.15) is 0 Å². The van der Waals surface area contributed by atoms with Gasteiger partial charge >= 0.3 is 0 Å². The lowest BCUT2D eigenvalue weighted by molar-refractivity contribution is 0.666. The average molecular weight is 300 g/mol. The van der Waals surface area contributed by atoms with Crippen LogP contribution in [0.2, 0.25) is 5.02 Å². The summed E-state index contributed by atoms with van der Waals surface area (Å²) < 4.78 is 0. The summed E-state index contributed by atoms with van der Waals surface area (Å²) in [6, 6.07) is 6.40. The van der Waals surface area contributed by atoms with Crippen molar-refractivity contribution in [1.29, 1.82) is 0 Å². The molecule has 1 atom stereocenters. The normalized spacial score (nSPS) is 11.1. The quantitative estimate of drug-likeness (QED) is 0.921. The molecule has 0 spiro atoms. The van der Waals surface area contributed by atoms with Gasteiger partial charge in [0.05, 0.1) is 0 Å². The molecule has 100 valence electrons. The summed E-state index contributed by atoms with van der Waals surface area (Å²) >= 11 is 6.19. The van der Waals surface area contributed by atoms with Gasteiger partial charge in [-0.2, -0.15) is 0 Å². The molecule has 0 aliphatic heterocycles. The van der Waals surface area contributed by atoms with Crippen molar-refractivity contribution >= 4 is 42.1 Å². The fourth-order valence-electron chi connectivity index (χ4n) is 1.40. The zero-order valence-electron chi connectivity index (χ0n) is 10.4. The highest BCUT2D eigenvalue weighted by atomic mass is 35.5. The number of anilines is 1. The van der Waals surface area contributed by atoms with Crippen molar-refractivity contribution in [2.45, 2.75) is 25.8 Å². The Balaban J connectivity index is 0. The smallest absolute Gasteiger partial charge is 0.0458 e. The monoisotopic (exact) mass is 298 g/mol. The summed E-state index contributed by atoms with van der Waals surface area (Å²) in [6.45, 7) is 2.02. The van der Waals surface area contributed by atoms with Crippen LogP contribution in [0.15, 0.2) is 18.2 Å². The first-order chi connectivity index (χ1) is 7.00. The van der Waals surface area contributed by atoms with Crippen LogP contribution in [0.3, 0.4) is 0 Å². The maximum absolute atomic E-state index is 6.19. The third-order valence-corrected chi connectivity index (χ3v) is 2.77. The number of nitrogens with zero attached hydrogens (tertiary/aromatic N) is 1. The molecule has 1 rings (SSSR count). The maximum Gasteiger partial charge on any atom is 0.0458 e. The summed E-state index contributed by atoms with van der Waals surface area (Å²) in [4.78, 5) is 2.04. The molecule has 0 heterocycles. The summed E-state index contributed by atoms with van der Waals surface area (Å²) in [6.07, 6.45) is 1.92. The first-order valence-electron chi connectivity index (χ1n) is 5.22. The lowest BCUT2D eigenvalue weighted by Gasteiger charge is -2.14. The van der Waals surface area contributed by atoms with E-state index in [1.807, 2.05) is 32.0 Å². The van der Waals surface area contributed by atoms with Crippen molar-refractivity contribution in [2.75, 3.05) is 19.0 Å². The molecule has 0 bridgehead atoms. The molecule has 0 saturated heterocycles. The Kier molecular flexibility index (Phi) is 10.0. The standard InChI is InChI=1S/C12H19ClN2.2ClH/c1-9(14)4-5-10-6-7-11(15(2)3)8-12(10)13;;/h6-9H,4-5,14H2,1-3H3;2*1H. The van der Waals surface area contributed by atoms with E-state index in [4.69, 9.17) is 17.3 Å². The van der Waals surface area contributed by atoms with Gasteiger partial charge in [-0.3, -0.25) is 0 Å². The van der Waals surface area contributed by atoms with Crippen LogP contribution in [0.1, 0.15) is 18.9 Å². The largest absolute Gasteiger partial charge is 0.378 e. The van der Waals surface area contributed by atoms with Gasteiger partial charge in [0.25, 0.3) is 0 Å². The SMILES string of the molecule is CC(N)CCc1ccc(N(C)C)cc1Cl.Cl.Cl. The summed E-state index contributed by atoms with van der Waals surface area (Å²) in [5, 5.41) is 0.835. The van der Waals surface area contributed by atoms with Crippen molar-refractivity contribution in [3.8, 4) is 0 Å². The van der Waals surface area contributed by atoms with E-state index in [0.717, 1.165) is 23.6 Å². The summed E-state index contributed by atoms with van der Waals surface area (Å²) in [5.41, 5.74) is 8.03. The molecule has 0 radical (unpaired) electrons. The van der Waals surface area contributed by atoms with E-state index < -0.39 is 0 Å². The molecule has 1 aromatic rings. The second-order valence-corrected chi connectivity index (χ2v) is 4.59. The van der Waals surface area contributed by atoms with Crippen molar-refractivity contribution in [2.24, 2.45) is 5.73 Å². The average Bonchev–Trinajstić information content (AvgIpc) is 2.15. The molecule has 2 N–H and O–H groups in total. The van der Waals surface area contributed by atoms with Crippen molar-refractivity contribution in [3.05, 3.63) is 28.8 Å². The number of aryl methyl sites for hydroxylation is 1. The fraction of sp³-hybridized carbons (Fsp3) is 0.500. The molecule has 2 nitrogen and oxygen atoms in total. The topological polar surface area (TPSA) is 29.3 Å². The maximum atomic E-state index is 6.19. The highest BCUT2D eigenvalue weighted by Gasteiger charge is 2.04. The Morgan fingerprint density at radius 3 is 2.29 bits per heavy atom. The van der Waals surface area contributed by atoms with Crippen LogP contribution >= 0.6 is 36.4 Å². The molecule has 5 heteroatoms. The van der Waals surface area contributed by atoms with Crippen LogP contribution in [-0.4, -0.2) is 20.1 Å². The van der Waals surface area contributed by atoms with E-state index in [1.165, 1.54) is 5.56 Å². The van der Waals surface area contributed by atoms with Crippen LogP contribution in [-0.2, 0) is 6.42 Å². The zero-order valence-corrected chi connectivity index (χ0v) is 12.8. The predicted molar refractivity (Wildman–Crippen MR) is 82.2 cm³/mol. The summed E-state index contributed by atoms with van der Waals surface area (Å²) in [5.74, 6) is 0. The van der Waals surface area contributed by atoms with Gasteiger partial charge in [-0.25, -0.2) is 0 Å². The van der Waals surface area contributed by atoms with E-state index in [-0.39, 0.29) is 30.9 Å². The Morgan fingerprint density at radius 2 is 1.88 bits per heavy atom. The van der Waals surface area contributed by atoms with Crippen molar-refractivity contribution in [3.63, 3.8) is 0 Å². The molecule has 0 fully saturated rings. The van der Waals surface area contributed by atoms with Gasteiger partial charge < -0.3 is 10.6 Å². The zero-order chi connectivity index (χ0) is 11.4. The molecule has 0 aliphatic carbocycles. The van der Waals surface area contributed by atoms with E-state index in [2.05, 4.69) is 12.1 Å². The van der Waals surface area contributed by atoms with E-state index in [0.29, 0.717) is 0 Å². The van der Waals surface area contributed by atoms with Gasteiger partial charge in [-0.15, -0.1) is 24.8 Å². The Bertz CT molecular complexity index is 328. The summed E-state index contributed by atoms with van der Waals surface area (Å²) in [7, 11) is 4.01. The van der Waals surface area contributed by atoms with Crippen LogP contribution in [0, 0.1) is 0 Å². The first-order valence-corrected chi connectivity index (χ1v) is 5.60. The molecular weight excluding hydrogens is 279 g/mol. The van der Waals surface area contributed by atoms with Gasteiger partial charge in [0, 0.05) is 30.8 Å². The minimum atomic E-state index is 0. The van der Waals surface area contributed by atoms with E-state index in [1.54, 1.807) is 0 Å². The Labute approximate surface area is 121 Å². The van der Waals surface area contributed by atoms with Gasteiger partial charge in [0.15, 0.2) is 0 Å². The second kappa shape index (κ2) is 8.87. The van der Waals surface area contributed by atoms with E-state index in [9.17, 15) is 0 Å². The van der Waals surface area contributed by atoms with Gasteiger partial charge in [-0.1, -0.05) is 17.7 Å². The molecule has 1 unspecified atom stereocenters. The molecular formula is C12H21Cl3N2. The number of halogens is 3. The van der Waals surface area contributed by atoms with Crippen LogP contribution < -0.4 is 10.6 Å². The molecule has 0 aromatic heterocycles. The minimum Gasteiger partial charge on any atom is -0.378 e. The lowest BCUT2D eigenvalue weighted by atomic mass is 10.1. The van der Waals surface area contributed by atoms with E-state index >= 15 is 0 Å². The predicted octanol–water partition coefficient (Wildman–Crippen LogP) is 3.53. The number of hydrogen-bond donors (Lipinski definition) is 1. The number of hydrogen-bond acceptors (Lipinski definition) is 2. The van der Waals surface area contributed by atoms with Gasteiger partial charge in [-0.05, 0) is 37.5 Å². The molecule has 0 aliphatic rings. The number of nitrogens with two attached hydrogens (primary N) is 1. The second-order valence-electron chi connectivity index (χ2n) is 4.19. The molecule has 0 saturated carbocycles. The minimum absolute atomic E-state index is 0. The van der Waals surface area contributed by atoms with Gasteiger partial charge in [0.2, 0.25) is 0 Å². The highest BCUT2D eigenvalue weighted by Crippen LogP contribution is 2.23.